The number of aliphatic hydroxyl groups is 1. The Morgan fingerprint density at radius 1 is 1.38 bits per heavy atom. The zero-order valence-corrected chi connectivity index (χ0v) is 10.0. The molecule has 0 saturated heterocycles. The van der Waals surface area contributed by atoms with E-state index in [0.717, 1.165) is 12.8 Å². The highest BCUT2D eigenvalue weighted by Gasteiger charge is 2.41. The molecule has 1 aromatic rings. The second-order valence-corrected chi connectivity index (χ2v) is 5.02. The molecule has 0 bridgehead atoms. The predicted octanol–water partition coefficient (Wildman–Crippen LogP) is 2.75. The van der Waals surface area contributed by atoms with Crippen LogP contribution < -0.4 is 0 Å². The Balaban J connectivity index is 1.88. The molecule has 1 aliphatic carbocycles. The average molecular weight is 220 g/mol. The number of hydrogen-bond donors (Lipinski definition) is 1. The molecular formula is C14H20O2. The van der Waals surface area contributed by atoms with Gasteiger partial charge in [-0.05, 0) is 25.3 Å². The third-order valence-corrected chi connectivity index (χ3v) is 3.78. The fraction of sp³-hybridized carbons (Fsp3) is 0.571. The Hall–Kier alpha value is -0.860. The van der Waals surface area contributed by atoms with E-state index < -0.39 is 5.60 Å². The molecule has 1 fully saturated rings. The fourth-order valence-corrected chi connectivity index (χ4v) is 2.32. The van der Waals surface area contributed by atoms with Gasteiger partial charge < -0.3 is 9.84 Å². The summed E-state index contributed by atoms with van der Waals surface area (Å²) in [5, 5.41) is 10.1. The fourth-order valence-electron chi connectivity index (χ4n) is 2.32. The van der Waals surface area contributed by atoms with Gasteiger partial charge in [0.05, 0.1) is 18.3 Å². The van der Waals surface area contributed by atoms with Crippen molar-refractivity contribution in [1.82, 2.24) is 0 Å². The first-order valence-electron chi connectivity index (χ1n) is 5.97. The Morgan fingerprint density at radius 2 is 2.06 bits per heavy atom. The minimum absolute atomic E-state index is 0.190. The maximum atomic E-state index is 10.1. The molecule has 1 N–H and O–H groups in total. The van der Waals surface area contributed by atoms with E-state index in [9.17, 15) is 5.11 Å². The highest BCUT2D eigenvalue weighted by atomic mass is 16.5. The Bertz CT molecular complexity index is 332. The van der Waals surface area contributed by atoms with Gasteiger partial charge in [0, 0.05) is 5.92 Å². The third-order valence-electron chi connectivity index (χ3n) is 3.78. The van der Waals surface area contributed by atoms with Gasteiger partial charge in [0.15, 0.2) is 0 Å². The van der Waals surface area contributed by atoms with E-state index in [4.69, 9.17) is 4.74 Å². The van der Waals surface area contributed by atoms with Gasteiger partial charge in [-0.15, -0.1) is 0 Å². The second kappa shape index (κ2) is 4.56. The van der Waals surface area contributed by atoms with E-state index in [1.807, 2.05) is 25.1 Å². The van der Waals surface area contributed by atoms with Crippen molar-refractivity contribution in [3.05, 3.63) is 35.9 Å². The van der Waals surface area contributed by atoms with Crippen molar-refractivity contribution in [3.63, 3.8) is 0 Å². The highest BCUT2D eigenvalue weighted by Crippen LogP contribution is 2.37. The van der Waals surface area contributed by atoms with Gasteiger partial charge in [-0.2, -0.15) is 0 Å². The van der Waals surface area contributed by atoms with Gasteiger partial charge in [0.2, 0.25) is 0 Å². The van der Waals surface area contributed by atoms with Gasteiger partial charge in [-0.1, -0.05) is 37.3 Å². The lowest BCUT2D eigenvalue weighted by Crippen LogP contribution is -2.32. The maximum Gasteiger partial charge on any atom is 0.0720 e. The molecule has 0 aromatic heterocycles. The molecule has 0 heterocycles. The molecule has 2 rings (SSSR count). The number of benzene rings is 1. The van der Waals surface area contributed by atoms with Crippen LogP contribution in [0.25, 0.3) is 0 Å². The first kappa shape index (κ1) is 11.6. The van der Waals surface area contributed by atoms with Gasteiger partial charge in [-0.25, -0.2) is 0 Å². The molecule has 2 heteroatoms. The van der Waals surface area contributed by atoms with Crippen LogP contribution in [0.1, 0.15) is 32.3 Å². The molecule has 0 spiro atoms. The summed E-state index contributed by atoms with van der Waals surface area (Å²) in [5.41, 5.74) is 0.641. The lowest BCUT2D eigenvalue weighted by Gasteiger charge is -2.25. The maximum absolute atomic E-state index is 10.1. The smallest absolute Gasteiger partial charge is 0.0720 e. The topological polar surface area (TPSA) is 29.5 Å². The summed E-state index contributed by atoms with van der Waals surface area (Å²) in [6.45, 7) is 4.62. The van der Waals surface area contributed by atoms with Crippen LogP contribution in [0.2, 0.25) is 0 Å². The van der Waals surface area contributed by atoms with Crippen molar-refractivity contribution >= 4 is 0 Å². The van der Waals surface area contributed by atoms with Crippen molar-refractivity contribution < 1.29 is 9.84 Å². The predicted molar refractivity (Wildman–Crippen MR) is 64.0 cm³/mol. The summed E-state index contributed by atoms with van der Waals surface area (Å²) in [6.07, 6.45) is 1.99. The van der Waals surface area contributed by atoms with E-state index >= 15 is 0 Å². The number of ether oxygens (including phenoxy) is 1. The average Bonchev–Trinajstić information content (AvgIpc) is 2.54. The number of hydrogen-bond acceptors (Lipinski definition) is 2. The monoisotopic (exact) mass is 220 g/mol. The minimum Gasteiger partial charge on any atom is -0.390 e. The molecule has 0 unspecified atom stereocenters. The summed E-state index contributed by atoms with van der Waals surface area (Å²) < 4.78 is 5.88. The number of rotatable bonds is 3. The molecule has 1 saturated carbocycles. The summed E-state index contributed by atoms with van der Waals surface area (Å²) >= 11 is 0. The molecule has 0 amide bonds. The Morgan fingerprint density at radius 3 is 2.62 bits per heavy atom. The molecule has 0 radical (unpaired) electrons. The summed E-state index contributed by atoms with van der Waals surface area (Å²) in [6, 6.07) is 10.2. The largest absolute Gasteiger partial charge is 0.390 e. The summed E-state index contributed by atoms with van der Waals surface area (Å²) in [5.74, 6) is 0.219. The van der Waals surface area contributed by atoms with Crippen LogP contribution in [0.5, 0.6) is 0 Å². The first-order valence-corrected chi connectivity index (χ1v) is 5.97. The molecule has 1 aromatic carbocycles. The van der Waals surface area contributed by atoms with E-state index in [1.165, 1.54) is 5.56 Å². The Kier molecular flexibility index (Phi) is 3.31. The van der Waals surface area contributed by atoms with Gasteiger partial charge >= 0.3 is 0 Å². The molecule has 2 nitrogen and oxygen atoms in total. The van der Waals surface area contributed by atoms with Crippen LogP contribution in [0.4, 0.5) is 0 Å². The van der Waals surface area contributed by atoms with Crippen LogP contribution in [-0.2, 0) is 11.3 Å². The normalized spacial score (nSPS) is 34.2. The van der Waals surface area contributed by atoms with Crippen molar-refractivity contribution in [2.24, 2.45) is 5.92 Å². The van der Waals surface area contributed by atoms with Crippen LogP contribution in [0.15, 0.2) is 30.3 Å². The quantitative estimate of drug-likeness (QED) is 0.848. The molecule has 88 valence electrons. The SMILES string of the molecule is C[C@H]1[C@@H](OCc2ccccc2)CC[C@@]1(C)O. The standard InChI is InChI=1S/C14H20O2/c1-11-13(8-9-14(11,2)15)16-10-12-6-4-3-5-7-12/h3-7,11,13,15H,8-10H2,1-2H3/t11-,13-,14+/m0/s1. The van der Waals surface area contributed by atoms with Crippen molar-refractivity contribution in [2.45, 2.75) is 45.0 Å². The lowest BCUT2D eigenvalue weighted by molar-refractivity contribution is -0.0371. The van der Waals surface area contributed by atoms with Crippen LogP contribution in [0.3, 0.4) is 0 Å². The van der Waals surface area contributed by atoms with Gasteiger partial charge in [0.25, 0.3) is 0 Å². The van der Waals surface area contributed by atoms with Crippen LogP contribution in [-0.4, -0.2) is 16.8 Å². The van der Waals surface area contributed by atoms with Gasteiger partial charge in [-0.3, -0.25) is 0 Å². The van der Waals surface area contributed by atoms with Crippen molar-refractivity contribution in [2.75, 3.05) is 0 Å². The van der Waals surface area contributed by atoms with Crippen molar-refractivity contribution in [3.8, 4) is 0 Å². The molecule has 0 aliphatic heterocycles. The zero-order valence-electron chi connectivity index (χ0n) is 10.0. The molecule has 1 aliphatic rings. The van der Waals surface area contributed by atoms with Gasteiger partial charge in [0.1, 0.15) is 0 Å². The lowest BCUT2D eigenvalue weighted by atomic mass is 9.94. The second-order valence-electron chi connectivity index (χ2n) is 5.02. The molecular weight excluding hydrogens is 200 g/mol. The van der Waals surface area contributed by atoms with Crippen LogP contribution >= 0.6 is 0 Å². The third kappa shape index (κ3) is 2.45. The summed E-state index contributed by atoms with van der Waals surface area (Å²) in [4.78, 5) is 0. The highest BCUT2D eigenvalue weighted by molar-refractivity contribution is 5.13. The van der Waals surface area contributed by atoms with E-state index in [0.29, 0.717) is 6.61 Å². The van der Waals surface area contributed by atoms with Crippen LogP contribution in [0, 0.1) is 5.92 Å². The van der Waals surface area contributed by atoms with E-state index in [2.05, 4.69) is 19.1 Å². The van der Waals surface area contributed by atoms with E-state index in [-0.39, 0.29) is 12.0 Å². The molecule has 3 atom stereocenters. The Labute approximate surface area is 97.3 Å². The first-order chi connectivity index (χ1) is 7.59. The zero-order chi connectivity index (χ0) is 11.6. The van der Waals surface area contributed by atoms with E-state index in [1.54, 1.807) is 0 Å². The minimum atomic E-state index is -0.554. The van der Waals surface area contributed by atoms with Crippen molar-refractivity contribution in [1.29, 1.82) is 0 Å². The summed E-state index contributed by atoms with van der Waals surface area (Å²) in [7, 11) is 0. The molecule has 16 heavy (non-hydrogen) atoms.